The van der Waals surface area contributed by atoms with E-state index < -0.39 is 5.97 Å². The Kier molecular flexibility index (Phi) is 2.29. The second kappa shape index (κ2) is 3.61. The van der Waals surface area contributed by atoms with Gasteiger partial charge in [-0.1, -0.05) is 0 Å². The number of aromatic nitrogens is 3. The smallest absolute Gasteiger partial charge is 0.309 e. The van der Waals surface area contributed by atoms with Crippen molar-refractivity contribution >= 4 is 5.97 Å². The summed E-state index contributed by atoms with van der Waals surface area (Å²) in [6, 6.07) is 3.68. The van der Waals surface area contributed by atoms with Crippen LogP contribution in [0.15, 0.2) is 24.5 Å². The lowest BCUT2D eigenvalue weighted by molar-refractivity contribution is -0.136. The number of carboxylic acid groups (broad SMARTS) is 1. The highest BCUT2D eigenvalue weighted by Gasteiger charge is 2.09. The molecule has 78 valence electrons. The van der Waals surface area contributed by atoms with Gasteiger partial charge in [0.15, 0.2) is 0 Å². The molecule has 0 spiro atoms. The molecule has 0 fully saturated rings. The van der Waals surface area contributed by atoms with E-state index in [4.69, 9.17) is 5.11 Å². The van der Waals surface area contributed by atoms with Gasteiger partial charge < -0.3 is 10.1 Å². The molecule has 0 saturated carbocycles. The van der Waals surface area contributed by atoms with E-state index in [2.05, 4.69) is 10.1 Å². The lowest BCUT2D eigenvalue weighted by Gasteiger charge is -1.94. The van der Waals surface area contributed by atoms with E-state index >= 15 is 0 Å². The number of aromatic amines is 1. The average molecular weight is 205 g/mol. The molecule has 5 nitrogen and oxygen atoms in total. The van der Waals surface area contributed by atoms with Gasteiger partial charge in [0.05, 0.1) is 12.1 Å². The number of carbonyl (C=O) groups is 1. The predicted molar refractivity (Wildman–Crippen MR) is 54.3 cm³/mol. The van der Waals surface area contributed by atoms with Gasteiger partial charge in [0.1, 0.15) is 0 Å². The number of rotatable bonds is 3. The number of hydrogen-bond donors (Lipinski definition) is 2. The van der Waals surface area contributed by atoms with Crippen LogP contribution in [0.3, 0.4) is 0 Å². The lowest BCUT2D eigenvalue weighted by Crippen LogP contribution is -2.05. The Bertz CT molecular complexity index is 471. The molecule has 5 heteroatoms. The van der Waals surface area contributed by atoms with Gasteiger partial charge in [0.2, 0.25) is 0 Å². The molecule has 0 unspecified atom stereocenters. The lowest BCUT2D eigenvalue weighted by atomic mass is 10.2. The van der Waals surface area contributed by atoms with Gasteiger partial charge in [-0.05, 0) is 12.1 Å². The standard InChI is InChI=1S/C10H11N3O2/c1-13-8(5-10(14)15)4-9(12-13)7-2-3-11-6-7/h2-4,6,11H,5H2,1H3,(H,14,15). The van der Waals surface area contributed by atoms with Crippen molar-refractivity contribution in [2.45, 2.75) is 6.42 Å². The molecule has 0 aliphatic heterocycles. The van der Waals surface area contributed by atoms with Crippen LogP contribution < -0.4 is 0 Å². The minimum atomic E-state index is -0.849. The van der Waals surface area contributed by atoms with Gasteiger partial charge in [0, 0.05) is 30.7 Å². The molecule has 0 saturated heterocycles. The van der Waals surface area contributed by atoms with Gasteiger partial charge in [-0.2, -0.15) is 5.10 Å². The maximum Gasteiger partial charge on any atom is 0.309 e. The molecule has 2 aromatic rings. The quantitative estimate of drug-likeness (QED) is 0.786. The van der Waals surface area contributed by atoms with Crippen LogP contribution in [0.2, 0.25) is 0 Å². The van der Waals surface area contributed by atoms with Gasteiger partial charge in [-0.3, -0.25) is 9.48 Å². The highest BCUT2D eigenvalue weighted by molar-refractivity contribution is 5.70. The van der Waals surface area contributed by atoms with Crippen molar-refractivity contribution < 1.29 is 9.90 Å². The highest BCUT2D eigenvalue weighted by Crippen LogP contribution is 2.17. The first-order valence-corrected chi connectivity index (χ1v) is 4.54. The van der Waals surface area contributed by atoms with Gasteiger partial charge in [0.25, 0.3) is 0 Å². The maximum atomic E-state index is 10.6. The van der Waals surface area contributed by atoms with Crippen LogP contribution in [0.4, 0.5) is 0 Å². The third-order valence-corrected chi connectivity index (χ3v) is 2.20. The van der Waals surface area contributed by atoms with Crippen molar-refractivity contribution in [3.05, 3.63) is 30.2 Å². The fourth-order valence-electron chi connectivity index (χ4n) is 1.45. The van der Waals surface area contributed by atoms with Crippen LogP contribution in [-0.2, 0) is 18.3 Å². The molecule has 0 aliphatic carbocycles. The fraction of sp³-hybridized carbons (Fsp3) is 0.200. The van der Waals surface area contributed by atoms with Crippen molar-refractivity contribution in [1.29, 1.82) is 0 Å². The van der Waals surface area contributed by atoms with Crippen LogP contribution in [-0.4, -0.2) is 25.8 Å². The molecule has 0 aliphatic rings. The zero-order valence-corrected chi connectivity index (χ0v) is 8.27. The molecule has 0 bridgehead atoms. The zero-order valence-electron chi connectivity index (χ0n) is 8.27. The second-order valence-electron chi connectivity index (χ2n) is 3.31. The monoisotopic (exact) mass is 205 g/mol. The van der Waals surface area contributed by atoms with Crippen molar-refractivity contribution in [2.75, 3.05) is 0 Å². The summed E-state index contributed by atoms with van der Waals surface area (Å²) >= 11 is 0. The summed E-state index contributed by atoms with van der Waals surface area (Å²) in [5.41, 5.74) is 2.44. The summed E-state index contributed by atoms with van der Waals surface area (Å²) in [5.74, 6) is -0.849. The fourth-order valence-corrected chi connectivity index (χ4v) is 1.45. The summed E-state index contributed by atoms with van der Waals surface area (Å²) in [5, 5.41) is 12.9. The third kappa shape index (κ3) is 1.90. The topological polar surface area (TPSA) is 70.9 Å². The number of H-pyrrole nitrogens is 1. The number of carboxylic acids is 1. The SMILES string of the molecule is Cn1nc(-c2cc[nH]c2)cc1CC(=O)O. The number of hydrogen-bond acceptors (Lipinski definition) is 2. The van der Waals surface area contributed by atoms with E-state index in [9.17, 15) is 4.79 Å². The molecule has 2 heterocycles. The molecule has 2 aromatic heterocycles. The van der Waals surface area contributed by atoms with Crippen molar-refractivity contribution in [2.24, 2.45) is 7.05 Å². The Labute approximate surface area is 86.4 Å². The Morgan fingerprint density at radius 3 is 3.07 bits per heavy atom. The molecule has 0 atom stereocenters. The number of nitrogens with zero attached hydrogens (tertiary/aromatic N) is 2. The maximum absolute atomic E-state index is 10.6. The van der Waals surface area contributed by atoms with Crippen LogP contribution >= 0.6 is 0 Å². The predicted octanol–water partition coefficient (Wildman–Crippen LogP) is 1.04. The van der Waals surface area contributed by atoms with Crippen LogP contribution in [0.25, 0.3) is 11.3 Å². The number of aliphatic carboxylic acids is 1. The Hall–Kier alpha value is -2.04. The van der Waals surface area contributed by atoms with Crippen LogP contribution in [0.5, 0.6) is 0 Å². The average Bonchev–Trinajstić information content (AvgIpc) is 2.75. The van der Waals surface area contributed by atoms with Gasteiger partial charge in [-0.15, -0.1) is 0 Å². The summed E-state index contributed by atoms with van der Waals surface area (Å²) in [6.07, 6.45) is 3.63. The molecular formula is C10H11N3O2. The van der Waals surface area contributed by atoms with E-state index in [0.717, 1.165) is 11.3 Å². The van der Waals surface area contributed by atoms with E-state index in [-0.39, 0.29) is 6.42 Å². The highest BCUT2D eigenvalue weighted by atomic mass is 16.4. The number of aryl methyl sites for hydroxylation is 1. The summed E-state index contributed by atoms with van der Waals surface area (Å²) in [6.45, 7) is 0. The van der Waals surface area contributed by atoms with Gasteiger partial charge >= 0.3 is 5.97 Å². The largest absolute Gasteiger partial charge is 0.481 e. The summed E-state index contributed by atoms with van der Waals surface area (Å²) in [4.78, 5) is 13.5. The molecular weight excluding hydrogens is 194 g/mol. The van der Waals surface area contributed by atoms with Crippen LogP contribution in [0.1, 0.15) is 5.69 Å². The first-order chi connectivity index (χ1) is 7.16. The zero-order chi connectivity index (χ0) is 10.8. The van der Waals surface area contributed by atoms with E-state index in [1.54, 1.807) is 24.0 Å². The van der Waals surface area contributed by atoms with Crippen molar-refractivity contribution in [1.82, 2.24) is 14.8 Å². The molecule has 2 rings (SSSR count). The first-order valence-electron chi connectivity index (χ1n) is 4.54. The Morgan fingerprint density at radius 1 is 1.67 bits per heavy atom. The minimum Gasteiger partial charge on any atom is -0.481 e. The normalized spacial score (nSPS) is 10.5. The van der Waals surface area contributed by atoms with E-state index in [1.807, 2.05) is 12.3 Å². The molecule has 0 radical (unpaired) electrons. The molecule has 2 N–H and O–H groups in total. The Balaban J connectivity index is 2.33. The van der Waals surface area contributed by atoms with Crippen molar-refractivity contribution in [3.63, 3.8) is 0 Å². The first kappa shape index (κ1) is 9.51. The number of nitrogens with one attached hydrogen (secondary N) is 1. The van der Waals surface area contributed by atoms with Gasteiger partial charge in [-0.25, -0.2) is 0 Å². The van der Waals surface area contributed by atoms with E-state index in [0.29, 0.717) is 5.69 Å². The molecule has 15 heavy (non-hydrogen) atoms. The minimum absolute atomic E-state index is 0.00603. The van der Waals surface area contributed by atoms with Crippen molar-refractivity contribution in [3.8, 4) is 11.3 Å². The second-order valence-corrected chi connectivity index (χ2v) is 3.31. The Morgan fingerprint density at radius 2 is 2.47 bits per heavy atom. The van der Waals surface area contributed by atoms with Crippen LogP contribution in [0, 0.1) is 0 Å². The van der Waals surface area contributed by atoms with E-state index in [1.165, 1.54) is 0 Å². The summed E-state index contributed by atoms with van der Waals surface area (Å²) in [7, 11) is 1.74. The molecule has 0 amide bonds. The molecule has 0 aromatic carbocycles. The summed E-state index contributed by atoms with van der Waals surface area (Å²) < 4.78 is 1.59. The third-order valence-electron chi connectivity index (χ3n) is 2.20.